The average Bonchev–Trinajstić information content (AvgIpc) is 3.19. The molecule has 31 heavy (non-hydrogen) atoms. The summed E-state index contributed by atoms with van der Waals surface area (Å²) in [4.78, 5) is 19.7. The van der Waals surface area contributed by atoms with Crippen LogP contribution in [0.5, 0.6) is 0 Å². The molecule has 1 aromatic carbocycles. The summed E-state index contributed by atoms with van der Waals surface area (Å²) in [5, 5.41) is 8.47. The van der Waals surface area contributed by atoms with Gasteiger partial charge in [-0.05, 0) is 49.6 Å². The lowest BCUT2D eigenvalue weighted by molar-refractivity contribution is 0.0721. The van der Waals surface area contributed by atoms with Gasteiger partial charge in [-0.3, -0.25) is 9.78 Å². The molecule has 3 aromatic rings. The molecule has 3 heterocycles. The Balaban J connectivity index is 1.53. The zero-order chi connectivity index (χ0) is 21.6. The molecule has 1 unspecified atom stereocenters. The molecule has 0 bridgehead atoms. The number of aromatic nitrogens is 4. The molecule has 4 rings (SSSR count). The molecule has 7 heteroatoms. The molecule has 162 valence electrons. The molecule has 7 nitrogen and oxygen atoms in total. The van der Waals surface area contributed by atoms with E-state index in [1.807, 2.05) is 42.2 Å². The molecule has 1 aliphatic rings. The summed E-state index contributed by atoms with van der Waals surface area (Å²) in [6.45, 7) is 4.58. The molecule has 0 aliphatic carbocycles. The first-order valence-corrected chi connectivity index (χ1v) is 10.8. The lowest BCUT2D eigenvalue weighted by Crippen LogP contribution is -2.32. The summed E-state index contributed by atoms with van der Waals surface area (Å²) in [7, 11) is 1.68. The van der Waals surface area contributed by atoms with Crippen LogP contribution < -0.4 is 0 Å². The Morgan fingerprint density at radius 3 is 2.94 bits per heavy atom. The predicted molar refractivity (Wildman–Crippen MR) is 118 cm³/mol. The number of methoxy groups -OCH3 is 1. The van der Waals surface area contributed by atoms with E-state index in [9.17, 15) is 4.79 Å². The van der Waals surface area contributed by atoms with Crippen molar-refractivity contribution in [3.63, 3.8) is 0 Å². The average molecular weight is 420 g/mol. The van der Waals surface area contributed by atoms with Crippen LogP contribution in [-0.4, -0.2) is 50.8 Å². The van der Waals surface area contributed by atoms with Crippen molar-refractivity contribution in [2.45, 2.75) is 45.2 Å². The summed E-state index contributed by atoms with van der Waals surface area (Å²) in [5.74, 6) is 2.39. The number of hydrogen-bond acceptors (Lipinski definition) is 5. The number of hydrogen-bond donors (Lipinski definition) is 0. The maximum absolute atomic E-state index is 13.4. The van der Waals surface area contributed by atoms with Gasteiger partial charge in [0.1, 0.15) is 11.6 Å². The maximum atomic E-state index is 13.4. The van der Waals surface area contributed by atoms with Gasteiger partial charge in [-0.15, -0.1) is 10.2 Å². The molecule has 2 aromatic heterocycles. The van der Waals surface area contributed by atoms with Gasteiger partial charge in [-0.1, -0.05) is 18.2 Å². The van der Waals surface area contributed by atoms with Crippen molar-refractivity contribution >= 4 is 5.91 Å². The molecular formula is C24H29N5O2. The van der Waals surface area contributed by atoms with Crippen molar-refractivity contribution in [2.24, 2.45) is 0 Å². The molecule has 1 atom stereocenters. The fourth-order valence-electron chi connectivity index (χ4n) is 4.18. The van der Waals surface area contributed by atoms with E-state index in [2.05, 4.69) is 31.9 Å². The van der Waals surface area contributed by atoms with E-state index < -0.39 is 0 Å². The number of aryl methyl sites for hydroxylation is 2. The molecule has 1 aliphatic heterocycles. The molecule has 0 saturated carbocycles. The Labute approximate surface area is 183 Å². The van der Waals surface area contributed by atoms with Gasteiger partial charge in [0, 0.05) is 50.9 Å². The molecule has 0 spiro atoms. The molecular weight excluding hydrogens is 390 g/mol. The standard InChI is InChI=1S/C24H29N5O2/c1-18-26-27-23-11-10-21(16-29(18)23)19-7-5-8-20(15-19)24(30)28(13-6-14-31-2)17-22-9-3-4-12-25-22/h3-5,7-9,12,15,21H,6,10-11,13-14,16-17H2,1-2H3. The van der Waals surface area contributed by atoms with Gasteiger partial charge in [0.2, 0.25) is 0 Å². The maximum Gasteiger partial charge on any atom is 0.254 e. The molecule has 0 saturated heterocycles. The predicted octanol–water partition coefficient (Wildman–Crippen LogP) is 3.39. The topological polar surface area (TPSA) is 73.1 Å². The van der Waals surface area contributed by atoms with Crippen molar-refractivity contribution in [3.05, 3.63) is 77.1 Å². The van der Waals surface area contributed by atoms with Crippen LogP contribution in [0.25, 0.3) is 0 Å². The van der Waals surface area contributed by atoms with Crippen LogP contribution in [-0.2, 0) is 24.2 Å². The van der Waals surface area contributed by atoms with E-state index in [1.165, 1.54) is 5.56 Å². The molecule has 0 radical (unpaired) electrons. The highest BCUT2D eigenvalue weighted by molar-refractivity contribution is 5.94. The van der Waals surface area contributed by atoms with Crippen molar-refractivity contribution < 1.29 is 9.53 Å². The van der Waals surface area contributed by atoms with E-state index in [1.54, 1.807) is 13.3 Å². The summed E-state index contributed by atoms with van der Waals surface area (Å²) in [6.07, 6.45) is 4.47. The lowest BCUT2D eigenvalue weighted by Gasteiger charge is -2.26. The minimum absolute atomic E-state index is 0.0283. The van der Waals surface area contributed by atoms with Crippen LogP contribution in [0.2, 0.25) is 0 Å². The highest BCUT2D eigenvalue weighted by Gasteiger charge is 2.24. The smallest absolute Gasteiger partial charge is 0.254 e. The number of fused-ring (bicyclic) bond motifs is 1. The molecule has 0 fully saturated rings. The van der Waals surface area contributed by atoms with Crippen LogP contribution in [0.3, 0.4) is 0 Å². The van der Waals surface area contributed by atoms with E-state index in [0.29, 0.717) is 25.6 Å². The second kappa shape index (κ2) is 9.83. The van der Waals surface area contributed by atoms with Crippen molar-refractivity contribution in [3.8, 4) is 0 Å². The Hall–Kier alpha value is -3.06. The second-order valence-corrected chi connectivity index (χ2v) is 8.03. The van der Waals surface area contributed by atoms with Crippen LogP contribution >= 0.6 is 0 Å². The first kappa shape index (κ1) is 21.2. The minimum atomic E-state index is 0.0283. The van der Waals surface area contributed by atoms with E-state index in [4.69, 9.17) is 4.74 Å². The quantitative estimate of drug-likeness (QED) is 0.523. The van der Waals surface area contributed by atoms with Gasteiger partial charge < -0.3 is 14.2 Å². The van der Waals surface area contributed by atoms with Crippen molar-refractivity contribution in [1.82, 2.24) is 24.6 Å². The molecule has 1 amide bonds. The normalized spacial score (nSPS) is 15.5. The van der Waals surface area contributed by atoms with Crippen molar-refractivity contribution in [1.29, 1.82) is 0 Å². The third-order valence-corrected chi connectivity index (χ3v) is 5.88. The largest absolute Gasteiger partial charge is 0.385 e. The van der Waals surface area contributed by atoms with Crippen LogP contribution in [0, 0.1) is 6.92 Å². The van der Waals surface area contributed by atoms with Gasteiger partial charge in [0.15, 0.2) is 0 Å². The fraction of sp³-hybridized carbons (Fsp3) is 0.417. The van der Waals surface area contributed by atoms with Gasteiger partial charge >= 0.3 is 0 Å². The highest BCUT2D eigenvalue weighted by atomic mass is 16.5. The Morgan fingerprint density at radius 2 is 2.13 bits per heavy atom. The molecule has 0 N–H and O–H groups in total. The van der Waals surface area contributed by atoms with Crippen molar-refractivity contribution in [2.75, 3.05) is 20.3 Å². The highest BCUT2D eigenvalue weighted by Crippen LogP contribution is 2.29. The minimum Gasteiger partial charge on any atom is -0.385 e. The Bertz CT molecular complexity index is 1020. The van der Waals surface area contributed by atoms with Crippen LogP contribution in [0.4, 0.5) is 0 Å². The van der Waals surface area contributed by atoms with Gasteiger partial charge in [0.05, 0.1) is 12.2 Å². The summed E-state index contributed by atoms with van der Waals surface area (Å²) >= 11 is 0. The number of carbonyl (C=O) groups excluding carboxylic acids is 1. The van der Waals surface area contributed by atoms with Gasteiger partial charge in [0.25, 0.3) is 5.91 Å². The van der Waals surface area contributed by atoms with Crippen LogP contribution in [0.1, 0.15) is 52.0 Å². The zero-order valence-electron chi connectivity index (χ0n) is 18.2. The van der Waals surface area contributed by atoms with E-state index in [-0.39, 0.29) is 5.91 Å². The number of rotatable bonds is 8. The third-order valence-electron chi connectivity index (χ3n) is 5.88. The number of pyridine rings is 1. The zero-order valence-corrected chi connectivity index (χ0v) is 18.2. The third kappa shape index (κ3) is 4.99. The van der Waals surface area contributed by atoms with Crippen LogP contribution in [0.15, 0.2) is 48.7 Å². The first-order valence-electron chi connectivity index (χ1n) is 10.8. The monoisotopic (exact) mass is 419 g/mol. The summed E-state index contributed by atoms with van der Waals surface area (Å²) in [6, 6.07) is 13.9. The number of nitrogens with zero attached hydrogens (tertiary/aromatic N) is 5. The fourth-order valence-corrected chi connectivity index (χ4v) is 4.18. The summed E-state index contributed by atoms with van der Waals surface area (Å²) < 4.78 is 7.39. The Kier molecular flexibility index (Phi) is 6.72. The van der Waals surface area contributed by atoms with Gasteiger partial charge in [-0.2, -0.15) is 0 Å². The van der Waals surface area contributed by atoms with E-state index in [0.717, 1.165) is 48.7 Å². The summed E-state index contributed by atoms with van der Waals surface area (Å²) in [5.41, 5.74) is 2.80. The van der Waals surface area contributed by atoms with E-state index >= 15 is 0 Å². The number of benzene rings is 1. The second-order valence-electron chi connectivity index (χ2n) is 8.03. The number of carbonyl (C=O) groups is 1. The number of amides is 1. The lowest BCUT2D eigenvalue weighted by atomic mass is 9.90. The Morgan fingerprint density at radius 1 is 1.23 bits per heavy atom. The van der Waals surface area contributed by atoms with Gasteiger partial charge in [-0.25, -0.2) is 0 Å². The number of ether oxygens (including phenoxy) is 1. The SMILES string of the molecule is COCCCN(Cc1ccccn1)C(=O)c1cccc(C2CCc3nnc(C)n3C2)c1. The first-order chi connectivity index (χ1) is 15.2.